The summed E-state index contributed by atoms with van der Waals surface area (Å²) in [5.41, 5.74) is 4.38. The second kappa shape index (κ2) is 13.9. The highest BCUT2D eigenvalue weighted by Gasteiger charge is 2.36. The molecule has 1 saturated carbocycles. The third kappa shape index (κ3) is 6.95. The topological polar surface area (TPSA) is 113 Å². The van der Waals surface area contributed by atoms with Crippen molar-refractivity contribution >= 4 is 39.9 Å². The Hall–Kier alpha value is -4.26. The van der Waals surface area contributed by atoms with E-state index < -0.39 is 0 Å². The molecule has 5 heterocycles. The maximum absolute atomic E-state index is 12.9. The molecule has 2 unspecified atom stereocenters. The van der Waals surface area contributed by atoms with Gasteiger partial charge in [-0.3, -0.25) is 0 Å². The molecule has 1 aliphatic carbocycles. The van der Waals surface area contributed by atoms with Crippen molar-refractivity contribution < 1.29 is 14.3 Å². The Morgan fingerprint density at radius 3 is 2.14 bits per heavy atom. The lowest BCUT2D eigenvalue weighted by atomic mass is 9.93. The van der Waals surface area contributed by atoms with Gasteiger partial charge in [-0.15, -0.1) is 0 Å². The first-order valence-corrected chi connectivity index (χ1v) is 18.0. The normalized spacial score (nSPS) is 24.4. The number of urea groups is 1. The molecular weight excluding hydrogens is 618 g/mol. The molecule has 3 aliphatic heterocycles. The molecule has 49 heavy (non-hydrogen) atoms. The van der Waals surface area contributed by atoms with Crippen molar-refractivity contribution in [2.45, 2.75) is 69.8 Å². The Labute approximate surface area is 287 Å². The van der Waals surface area contributed by atoms with Crippen LogP contribution in [0.5, 0.6) is 0 Å². The number of nitrogens with zero attached hydrogens (tertiary/aromatic N) is 7. The van der Waals surface area contributed by atoms with E-state index in [0.717, 1.165) is 113 Å². The van der Waals surface area contributed by atoms with E-state index in [0.29, 0.717) is 17.6 Å². The van der Waals surface area contributed by atoms with Gasteiger partial charge in [0, 0.05) is 68.5 Å². The number of fused-ring (bicyclic) bond motifs is 3. The summed E-state index contributed by atoms with van der Waals surface area (Å²) in [5.74, 6) is 1.58. The van der Waals surface area contributed by atoms with Gasteiger partial charge in [-0.1, -0.05) is 0 Å². The van der Waals surface area contributed by atoms with Crippen LogP contribution in [0.3, 0.4) is 0 Å². The number of nitrogens with one attached hydrogen (secondary N) is 2. The highest BCUT2D eigenvalue weighted by atomic mass is 16.5. The maximum atomic E-state index is 12.9. The first kappa shape index (κ1) is 32.0. The fourth-order valence-electron chi connectivity index (χ4n) is 7.84. The third-order valence-electron chi connectivity index (χ3n) is 10.6. The van der Waals surface area contributed by atoms with E-state index in [2.05, 4.69) is 56.1 Å². The maximum Gasteiger partial charge on any atom is 0.323 e. The summed E-state index contributed by atoms with van der Waals surface area (Å²) < 4.78 is 14.2. The number of ether oxygens (including phenoxy) is 2. The standard InChI is InChI=1S/C37H47N9O3/c1-3-48-30-14-12-29(13-15-30)46-36-33(22-38-46)35(45-23-31-16-17-32(24-45)49-31)41-34(42-36)25-4-6-26(7-5-25)39-37(47)40-27-8-10-28(11-9-27)44-20-18-43(2)19-21-44/h4-11,22,29-32H,3,12-21,23-24H2,1-2H3,(H2,39,40,47). The van der Waals surface area contributed by atoms with Gasteiger partial charge < -0.3 is 34.8 Å². The van der Waals surface area contributed by atoms with Crippen LogP contribution in [-0.4, -0.2) is 102 Å². The Kier molecular flexibility index (Phi) is 9.09. The number of benzene rings is 2. The van der Waals surface area contributed by atoms with Gasteiger partial charge in [0.1, 0.15) is 5.82 Å². The molecule has 4 fully saturated rings. The summed E-state index contributed by atoms with van der Waals surface area (Å²) in [6, 6.07) is 15.8. The van der Waals surface area contributed by atoms with Crippen molar-refractivity contribution in [3.63, 3.8) is 0 Å². The quantitative estimate of drug-likeness (QED) is 0.242. The summed E-state index contributed by atoms with van der Waals surface area (Å²) in [7, 11) is 2.15. The van der Waals surface area contributed by atoms with Gasteiger partial charge in [0.15, 0.2) is 11.5 Å². The lowest BCUT2D eigenvalue weighted by molar-refractivity contribution is 0.0263. The molecule has 258 valence electrons. The van der Waals surface area contributed by atoms with Crippen molar-refractivity contribution in [2.75, 3.05) is 73.4 Å². The second-order valence-electron chi connectivity index (χ2n) is 13.9. The van der Waals surface area contributed by atoms with Gasteiger partial charge >= 0.3 is 6.03 Å². The molecule has 2 N–H and O–H groups in total. The van der Waals surface area contributed by atoms with Crippen LogP contribution in [0.1, 0.15) is 51.5 Å². The lowest BCUT2D eigenvalue weighted by Gasteiger charge is -2.34. The fraction of sp³-hybridized carbons (Fsp3) is 0.514. The minimum absolute atomic E-state index is 0.238. The van der Waals surface area contributed by atoms with Crippen molar-refractivity contribution in [3.05, 3.63) is 54.7 Å². The SMILES string of the molecule is CCOC1CCC(n2ncc3c(N4CC5CCC(C4)O5)nc(-c4ccc(NC(=O)Nc5ccc(N6CCN(C)CC6)cc5)cc4)nc32)CC1. The monoisotopic (exact) mass is 665 g/mol. The van der Waals surface area contributed by atoms with E-state index in [9.17, 15) is 4.79 Å². The van der Waals surface area contributed by atoms with Crippen LogP contribution in [0.25, 0.3) is 22.4 Å². The first-order chi connectivity index (χ1) is 24.0. The van der Waals surface area contributed by atoms with E-state index in [-0.39, 0.29) is 24.3 Å². The van der Waals surface area contributed by atoms with Gasteiger partial charge in [-0.25, -0.2) is 19.4 Å². The van der Waals surface area contributed by atoms with E-state index in [1.54, 1.807) is 0 Å². The van der Waals surface area contributed by atoms with Crippen LogP contribution < -0.4 is 20.4 Å². The summed E-state index contributed by atoms with van der Waals surface area (Å²) in [6.07, 6.45) is 9.03. The van der Waals surface area contributed by atoms with Crippen LogP contribution in [-0.2, 0) is 9.47 Å². The van der Waals surface area contributed by atoms with Crippen molar-refractivity contribution in [1.82, 2.24) is 24.6 Å². The smallest absolute Gasteiger partial charge is 0.323 e. The van der Waals surface area contributed by atoms with Gasteiger partial charge in [-0.2, -0.15) is 5.10 Å². The van der Waals surface area contributed by atoms with Crippen LogP contribution in [0.15, 0.2) is 54.7 Å². The number of carbonyl (C=O) groups is 1. The molecule has 2 aromatic heterocycles. The molecule has 12 nitrogen and oxygen atoms in total. The number of hydrogen-bond acceptors (Lipinski definition) is 9. The predicted octanol–water partition coefficient (Wildman–Crippen LogP) is 5.78. The summed E-state index contributed by atoms with van der Waals surface area (Å²) >= 11 is 0. The van der Waals surface area contributed by atoms with Gasteiger partial charge in [-0.05, 0) is 101 Å². The zero-order valence-electron chi connectivity index (χ0n) is 28.6. The zero-order valence-corrected chi connectivity index (χ0v) is 28.6. The van der Waals surface area contributed by atoms with Crippen molar-refractivity contribution in [2.24, 2.45) is 0 Å². The van der Waals surface area contributed by atoms with Crippen molar-refractivity contribution in [3.8, 4) is 11.4 Å². The number of piperazine rings is 1. The number of morpholine rings is 1. The number of likely N-dealkylation sites (N-methyl/N-ethyl adjacent to an activating group) is 1. The molecule has 3 saturated heterocycles. The molecular formula is C37H47N9O3. The Bertz CT molecular complexity index is 1730. The minimum atomic E-state index is -0.287. The molecule has 0 spiro atoms. The van der Waals surface area contributed by atoms with E-state index >= 15 is 0 Å². The number of rotatable bonds is 8. The van der Waals surface area contributed by atoms with E-state index in [1.807, 2.05) is 42.6 Å². The fourth-order valence-corrected chi connectivity index (χ4v) is 7.84. The summed E-state index contributed by atoms with van der Waals surface area (Å²) in [6.45, 7) is 8.59. The minimum Gasteiger partial charge on any atom is -0.379 e. The Balaban J connectivity index is 0.993. The van der Waals surface area contributed by atoms with Gasteiger partial charge in [0.05, 0.1) is 35.9 Å². The third-order valence-corrected chi connectivity index (χ3v) is 10.6. The van der Waals surface area contributed by atoms with Crippen LogP contribution in [0.4, 0.5) is 27.7 Å². The average Bonchev–Trinajstić information content (AvgIpc) is 3.71. The molecule has 2 amide bonds. The molecule has 4 aromatic rings. The van der Waals surface area contributed by atoms with Crippen LogP contribution in [0, 0.1) is 0 Å². The summed E-state index contributed by atoms with van der Waals surface area (Å²) in [5, 5.41) is 11.8. The second-order valence-corrected chi connectivity index (χ2v) is 13.9. The Morgan fingerprint density at radius 1 is 0.837 bits per heavy atom. The number of amides is 2. The highest BCUT2D eigenvalue weighted by molar-refractivity contribution is 6.00. The van der Waals surface area contributed by atoms with E-state index in [4.69, 9.17) is 24.5 Å². The molecule has 2 aromatic carbocycles. The predicted molar refractivity (Wildman–Crippen MR) is 193 cm³/mol. The average molecular weight is 666 g/mol. The summed E-state index contributed by atoms with van der Waals surface area (Å²) in [4.78, 5) is 30.3. The zero-order chi connectivity index (χ0) is 33.3. The number of anilines is 4. The first-order valence-electron chi connectivity index (χ1n) is 18.0. The molecule has 0 radical (unpaired) electrons. The molecule has 2 bridgehead atoms. The van der Waals surface area contributed by atoms with Crippen LogP contribution >= 0.6 is 0 Å². The van der Waals surface area contributed by atoms with Gasteiger partial charge in [0.2, 0.25) is 0 Å². The highest BCUT2D eigenvalue weighted by Crippen LogP contribution is 2.37. The number of carbonyl (C=O) groups excluding carboxylic acids is 1. The Morgan fingerprint density at radius 2 is 1.49 bits per heavy atom. The number of aromatic nitrogens is 4. The van der Waals surface area contributed by atoms with Crippen molar-refractivity contribution in [1.29, 1.82) is 0 Å². The lowest BCUT2D eigenvalue weighted by Crippen LogP contribution is -2.44. The van der Waals surface area contributed by atoms with E-state index in [1.165, 1.54) is 5.69 Å². The molecule has 12 heteroatoms. The number of hydrogen-bond donors (Lipinski definition) is 2. The molecule has 4 aliphatic rings. The van der Waals surface area contributed by atoms with Crippen LogP contribution in [0.2, 0.25) is 0 Å². The molecule has 8 rings (SSSR count). The largest absolute Gasteiger partial charge is 0.379 e. The van der Waals surface area contributed by atoms with Gasteiger partial charge in [0.25, 0.3) is 0 Å². The molecule has 2 atom stereocenters.